The molecule has 1 aliphatic heterocycles. The molecule has 1 heterocycles. The van der Waals surface area contributed by atoms with Crippen molar-refractivity contribution in [2.24, 2.45) is 0 Å². The van der Waals surface area contributed by atoms with E-state index >= 15 is 0 Å². The normalized spacial score (nSPS) is 15.4. The minimum atomic E-state index is -4.24. The Bertz CT molecular complexity index is 857. The zero-order chi connectivity index (χ0) is 21.6. The molecule has 0 aliphatic carbocycles. The van der Waals surface area contributed by atoms with Gasteiger partial charge < -0.3 is 15.5 Å². The number of hydrogen-bond acceptors (Lipinski definition) is 3. The lowest BCUT2D eigenvalue weighted by molar-refractivity contribution is -0.145. The highest BCUT2D eigenvalue weighted by molar-refractivity contribution is 6.00. The Morgan fingerprint density at radius 2 is 1.47 bits per heavy atom. The third-order valence-corrected chi connectivity index (χ3v) is 4.70. The van der Waals surface area contributed by atoms with Crippen molar-refractivity contribution in [3.8, 4) is 0 Å². The van der Waals surface area contributed by atoms with Gasteiger partial charge in [0.05, 0.1) is 6.54 Å². The van der Waals surface area contributed by atoms with Gasteiger partial charge in [0.15, 0.2) is 0 Å². The molecule has 0 saturated carbocycles. The molecule has 0 bridgehead atoms. The number of nitrogens with one attached hydrogen (secondary N) is 2. The summed E-state index contributed by atoms with van der Waals surface area (Å²) in [6, 6.07) is 15.0. The first-order valence-corrected chi connectivity index (χ1v) is 9.62. The van der Waals surface area contributed by atoms with Crippen LogP contribution in [0, 0.1) is 0 Å². The first-order chi connectivity index (χ1) is 14.3. The van der Waals surface area contributed by atoms with Crippen LogP contribution >= 0.6 is 0 Å². The molecule has 1 saturated heterocycles. The maximum absolute atomic E-state index is 12.7. The van der Waals surface area contributed by atoms with Crippen molar-refractivity contribution < 1.29 is 22.8 Å². The molecule has 2 aromatic rings. The van der Waals surface area contributed by atoms with Crippen LogP contribution in [0.1, 0.15) is 16.8 Å². The number of amides is 3. The minimum Gasteiger partial charge on any atom is -0.337 e. The molecule has 160 valence electrons. The highest BCUT2D eigenvalue weighted by atomic mass is 19.4. The molecule has 2 aromatic carbocycles. The highest BCUT2D eigenvalue weighted by Crippen LogP contribution is 2.19. The topological polar surface area (TPSA) is 64.7 Å². The Hall–Kier alpha value is -3.07. The summed E-state index contributed by atoms with van der Waals surface area (Å²) in [7, 11) is 0. The van der Waals surface area contributed by atoms with Crippen LogP contribution in [0.3, 0.4) is 0 Å². The van der Waals surface area contributed by atoms with Crippen molar-refractivity contribution in [2.75, 3.05) is 43.4 Å². The Balaban J connectivity index is 1.54. The lowest BCUT2D eigenvalue weighted by Crippen LogP contribution is -2.38. The maximum Gasteiger partial charge on any atom is 0.401 e. The number of benzene rings is 2. The molecule has 30 heavy (non-hydrogen) atoms. The van der Waals surface area contributed by atoms with E-state index in [0.29, 0.717) is 36.4 Å². The van der Waals surface area contributed by atoms with E-state index in [9.17, 15) is 22.8 Å². The van der Waals surface area contributed by atoms with E-state index in [0.717, 1.165) is 0 Å². The highest BCUT2D eigenvalue weighted by Gasteiger charge is 2.32. The van der Waals surface area contributed by atoms with Crippen LogP contribution in [0.4, 0.5) is 29.3 Å². The maximum atomic E-state index is 12.7. The van der Waals surface area contributed by atoms with Crippen molar-refractivity contribution in [2.45, 2.75) is 12.6 Å². The van der Waals surface area contributed by atoms with E-state index in [1.165, 1.54) is 4.90 Å². The zero-order valence-corrected chi connectivity index (χ0v) is 16.3. The van der Waals surface area contributed by atoms with E-state index in [4.69, 9.17) is 0 Å². The van der Waals surface area contributed by atoms with Gasteiger partial charge in [-0.1, -0.05) is 18.2 Å². The molecule has 0 spiro atoms. The number of hydrogen-bond donors (Lipinski definition) is 2. The van der Waals surface area contributed by atoms with E-state index in [1.54, 1.807) is 53.4 Å². The molecule has 1 fully saturated rings. The van der Waals surface area contributed by atoms with Gasteiger partial charge in [-0.3, -0.25) is 9.69 Å². The van der Waals surface area contributed by atoms with Gasteiger partial charge in [0, 0.05) is 43.1 Å². The monoisotopic (exact) mass is 420 g/mol. The molecule has 3 amide bonds. The van der Waals surface area contributed by atoms with Gasteiger partial charge in [0.1, 0.15) is 0 Å². The Morgan fingerprint density at radius 3 is 2.10 bits per heavy atom. The van der Waals surface area contributed by atoms with E-state index in [2.05, 4.69) is 10.6 Å². The third-order valence-electron chi connectivity index (χ3n) is 4.70. The van der Waals surface area contributed by atoms with Crippen LogP contribution in [-0.2, 0) is 0 Å². The molecule has 3 rings (SSSR count). The van der Waals surface area contributed by atoms with Crippen LogP contribution in [0.15, 0.2) is 54.6 Å². The summed E-state index contributed by atoms with van der Waals surface area (Å²) in [4.78, 5) is 27.6. The van der Waals surface area contributed by atoms with Crippen molar-refractivity contribution in [1.82, 2.24) is 9.80 Å². The molecule has 0 unspecified atom stereocenters. The number of anilines is 2. The lowest BCUT2D eigenvalue weighted by atomic mass is 10.1. The standard InChI is InChI=1S/C21H23F3N4O2/c22-21(23,24)15-27-11-4-12-28(14-13-27)19(29)16-7-9-18(10-8-16)26-20(30)25-17-5-2-1-3-6-17/h1-3,5-10H,4,11-15H2,(H2,25,26,30). The van der Waals surface area contributed by atoms with E-state index in [-0.39, 0.29) is 19.0 Å². The largest absolute Gasteiger partial charge is 0.401 e. The SMILES string of the molecule is O=C(Nc1ccccc1)Nc1ccc(C(=O)N2CCCN(CC(F)(F)F)CC2)cc1. The first kappa shape index (κ1) is 21.6. The average Bonchev–Trinajstić information content (AvgIpc) is 2.93. The molecular weight excluding hydrogens is 397 g/mol. The molecule has 2 N–H and O–H groups in total. The number of urea groups is 1. The van der Waals surface area contributed by atoms with Crippen LogP contribution in [0.25, 0.3) is 0 Å². The number of alkyl halides is 3. The summed E-state index contributed by atoms with van der Waals surface area (Å²) in [6.45, 7) is 0.189. The molecule has 1 aliphatic rings. The number of halogens is 3. The van der Waals surface area contributed by atoms with Gasteiger partial charge in [0.2, 0.25) is 0 Å². The number of para-hydroxylation sites is 1. The molecule has 6 nitrogen and oxygen atoms in total. The molecule has 0 atom stereocenters. The van der Waals surface area contributed by atoms with Crippen LogP contribution in [0.5, 0.6) is 0 Å². The quantitative estimate of drug-likeness (QED) is 0.785. The number of carbonyl (C=O) groups is 2. The average molecular weight is 420 g/mol. The predicted molar refractivity (Wildman–Crippen MR) is 109 cm³/mol. The predicted octanol–water partition coefficient (Wildman–Crippen LogP) is 4.04. The Morgan fingerprint density at radius 1 is 0.833 bits per heavy atom. The smallest absolute Gasteiger partial charge is 0.337 e. The van der Waals surface area contributed by atoms with Crippen molar-refractivity contribution >= 4 is 23.3 Å². The molecule has 9 heteroatoms. The van der Waals surface area contributed by atoms with Gasteiger partial charge in [-0.15, -0.1) is 0 Å². The summed E-state index contributed by atoms with van der Waals surface area (Å²) in [5.41, 5.74) is 1.60. The summed E-state index contributed by atoms with van der Waals surface area (Å²) in [5, 5.41) is 5.38. The zero-order valence-electron chi connectivity index (χ0n) is 16.3. The summed E-state index contributed by atoms with van der Waals surface area (Å²) >= 11 is 0. The molecule has 0 aromatic heterocycles. The third kappa shape index (κ3) is 6.48. The van der Waals surface area contributed by atoms with Gasteiger partial charge in [-0.25, -0.2) is 4.79 Å². The van der Waals surface area contributed by atoms with Gasteiger partial charge in [-0.05, 0) is 42.8 Å². The molecule has 0 radical (unpaired) electrons. The second-order valence-corrected chi connectivity index (χ2v) is 7.06. The summed E-state index contributed by atoms with van der Waals surface area (Å²) in [6.07, 6.45) is -3.75. The number of carbonyl (C=O) groups excluding carboxylic acids is 2. The van der Waals surface area contributed by atoms with Crippen molar-refractivity contribution in [3.05, 3.63) is 60.2 Å². The van der Waals surface area contributed by atoms with Crippen molar-refractivity contribution in [3.63, 3.8) is 0 Å². The van der Waals surface area contributed by atoms with Crippen LogP contribution in [-0.4, -0.2) is 60.6 Å². The lowest BCUT2D eigenvalue weighted by Gasteiger charge is -2.23. The Kier molecular flexibility index (Phi) is 6.94. The van der Waals surface area contributed by atoms with E-state index < -0.39 is 18.8 Å². The fourth-order valence-electron chi connectivity index (χ4n) is 3.28. The summed E-state index contributed by atoms with van der Waals surface area (Å²) in [5.74, 6) is -0.232. The second-order valence-electron chi connectivity index (χ2n) is 7.06. The minimum absolute atomic E-state index is 0.185. The van der Waals surface area contributed by atoms with E-state index in [1.807, 2.05) is 6.07 Å². The van der Waals surface area contributed by atoms with Crippen LogP contribution < -0.4 is 10.6 Å². The fourth-order valence-corrected chi connectivity index (χ4v) is 3.28. The van der Waals surface area contributed by atoms with Crippen molar-refractivity contribution in [1.29, 1.82) is 0 Å². The second kappa shape index (κ2) is 9.62. The van der Waals surface area contributed by atoms with Gasteiger partial charge >= 0.3 is 12.2 Å². The first-order valence-electron chi connectivity index (χ1n) is 9.62. The number of nitrogens with zero attached hydrogens (tertiary/aromatic N) is 2. The summed E-state index contributed by atoms with van der Waals surface area (Å²) < 4.78 is 37.8. The number of rotatable bonds is 4. The molecular formula is C21H23F3N4O2. The van der Waals surface area contributed by atoms with Gasteiger partial charge in [-0.2, -0.15) is 13.2 Å². The fraction of sp³-hybridized carbons (Fsp3) is 0.333. The van der Waals surface area contributed by atoms with Crippen LogP contribution in [0.2, 0.25) is 0 Å². The van der Waals surface area contributed by atoms with Gasteiger partial charge in [0.25, 0.3) is 5.91 Å². The Labute approximate surface area is 172 Å².